The van der Waals surface area contributed by atoms with E-state index in [0.717, 1.165) is 38.8 Å². The maximum Gasteiger partial charge on any atom is 0.223 e. The summed E-state index contributed by atoms with van der Waals surface area (Å²) in [5.74, 6) is 0.579. The highest BCUT2D eigenvalue weighted by Crippen LogP contribution is 2.16. The Labute approximate surface area is 138 Å². The van der Waals surface area contributed by atoms with Gasteiger partial charge in [-0.3, -0.25) is 0 Å². The molecule has 122 valence electrons. The van der Waals surface area contributed by atoms with Gasteiger partial charge in [-0.05, 0) is 37.1 Å². The van der Waals surface area contributed by atoms with Crippen LogP contribution < -0.4 is 11.5 Å². The number of rotatable bonds is 7. The second-order valence-corrected chi connectivity index (χ2v) is 5.55. The Balaban J connectivity index is 2.78. The normalized spacial score (nSPS) is 12.5. The maximum absolute atomic E-state index is 6.07. The molecule has 0 aliphatic rings. The quantitative estimate of drug-likeness (QED) is 0.595. The molecule has 22 heavy (non-hydrogen) atoms. The Kier molecular flexibility index (Phi) is 8.36. The molecule has 4 N–H and O–H groups in total. The molecule has 0 fully saturated rings. The van der Waals surface area contributed by atoms with Gasteiger partial charge in [0.15, 0.2) is 5.96 Å². The van der Waals surface area contributed by atoms with Crippen molar-refractivity contribution in [2.24, 2.45) is 21.5 Å². The number of hydrogen-bond donors (Lipinski definition) is 2. The number of unbranched alkanes of at least 4 members (excludes halogenated alkanes) is 2. The Bertz CT molecular complexity index is 488. The molecule has 0 saturated heterocycles. The van der Waals surface area contributed by atoms with Gasteiger partial charge in [-0.15, -0.1) is 0 Å². The van der Waals surface area contributed by atoms with E-state index < -0.39 is 0 Å². The van der Waals surface area contributed by atoms with Gasteiger partial charge in [0.2, 0.25) is 5.96 Å². The molecule has 0 amide bonds. The van der Waals surface area contributed by atoms with E-state index in [1.807, 2.05) is 0 Å². The monoisotopic (exact) mass is 323 g/mol. The van der Waals surface area contributed by atoms with Gasteiger partial charge < -0.3 is 16.4 Å². The summed E-state index contributed by atoms with van der Waals surface area (Å²) in [6.45, 7) is 6.09. The zero-order valence-electron chi connectivity index (χ0n) is 13.4. The lowest BCUT2D eigenvalue weighted by Crippen LogP contribution is -2.40. The lowest BCUT2D eigenvalue weighted by molar-refractivity contribution is 0.395. The molecule has 0 aliphatic heterocycles. The van der Waals surface area contributed by atoms with Crippen molar-refractivity contribution in [3.8, 4) is 0 Å². The smallest absolute Gasteiger partial charge is 0.223 e. The Morgan fingerprint density at radius 2 is 1.59 bits per heavy atom. The first-order valence-electron chi connectivity index (χ1n) is 7.75. The molecule has 0 atom stereocenters. The average Bonchev–Trinajstić information content (AvgIpc) is 2.49. The van der Waals surface area contributed by atoms with Crippen LogP contribution in [-0.2, 0) is 0 Å². The van der Waals surface area contributed by atoms with E-state index in [9.17, 15) is 0 Å². The van der Waals surface area contributed by atoms with E-state index in [1.54, 1.807) is 24.3 Å². The van der Waals surface area contributed by atoms with Crippen molar-refractivity contribution in [3.63, 3.8) is 0 Å². The van der Waals surface area contributed by atoms with Crippen LogP contribution in [0, 0.1) is 0 Å². The average molecular weight is 324 g/mol. The molecule has 1 rings (SSSR count). The first-order valence-corrected chi connectivity index (χ1v) is 8.13. The number of halogens is 1. The minimum atomic E-state index is 0.151. The second-order valence-electron chi connectivity index (χ2n) is 5.11. The van der Waals surface area contributed by atoms with Crippen LogP contribution in [0.5, 0.6) is 0 Å². The van der Waals surface area contributed by atoms with Gasteiger partial charge in [-0.1, -0.05) is 38.3 Å². The molecule has 0 radical (unpaired) electrons. The van der Waals surface area contributed by atoms with Crippen LogP contribution in [0.1, 0.15) is 39.5 Å². The first-order chi connectivity index (χ1) is 10.6. The van der Waals surface area contributed by atoms with Crippen molar-refractivity contribution in [1.29, 1.82) is 0 Å². The maximum atomic E-state index is 6.07. The van der Waals surface area contributed by atoms with E-state index in [0.29, 0.717) is 16.7 Å². The summed E-state index contributed by atoms with van der Waals surface area (Å²) >= 11 is 5.84. The lowest BCUT2D eigenvalue weighted by Gasteiger charge is -2.23. The largest absolute Gasteiger partial charge is 0.369 e. The van der Waals surface area contributed by atoms with Crippen LogP contribution in [0.2, 0.25) is 5.02 Å². The zero-order valence-corrected chi connectivity index (χ0v) is 14.2. The van der Waals surface area contributed by atoms with Gasteiger partial charge in [-0.25, -0.2) is 4.99 Å². The van der Waals surface area contributed by atoms with E-state index in [4.69, 9.17) is 23.1 Å². The number of aliphatic imine (C=N–C) groups is 2. The van der Waals surface area contributed by atoms with Gasteiger partial charge in [0.1, 0.15) is 0 Å². The Morgan fingerprint density at radius 1 is 1.05 bits per heavy atom. The SMILES string of the molecule is CCCCN(CCCC)/C(N)=N/C(N)=Nc1ccc(Cl)cc1. The van der Waals surface area contributed by atoms with Crippen molar-refractivity contribution < 1.29 is 0 Å². The van der Waals surface area contributed by atoms with Crippen molar-refractivity contribution in [2.75, 3.05) is 13.1 Å². The minimum absolute atomic E-state index is 0.151. The standard InChI is InChI=1S/C16H26ClN5/c1-3-5-11-22(12-6-4-2)16(19)21-15(18)20-14-9-7-13(17)8-10-14/h7-10H,3-6,11-12H2,1-2H3,(H4,18,19,20,21). The number of nitrogens with zero attached hydrogens (tertiary/aromatic N) is 3. The van der Waals surface area contributed by atoms with E-state index in [1.165, 1.54) is 0 Å². The molecule has 6 heteroatoms. The lowest BCUT2D eigenvalue weighted by atomic mass is 10.3. The molecule has 5 nitrogen and oxygen atoms in total. The predicted octanol–water partition coefficient (Wildman–Crippen LogP) is 3.50. The van der Waals surface area contributed by atoms with Crippen molar-refractivity contribution in [3.05, 3.63) is 29.3 Å². The van der Waals surface area contributed by atoms with Gasteiger partial charge in [-0.2, -0.15) is 4.99 Å². The number of hydrogen-bond acceptors (Lipinski definition) is 1. The fourth-order valence-electron chi connectivity index (χ4n) is 1.90. The van der Waals surface area contributed by atoms with Gasteiger partial charge >= 0.3 is 0 Å². The highest BCUT2D eigenvalue weighted by atomic mass is 35.5. The third-order valence-electron chi connectivity index (χ3n) is 3.19. The van der Waals surface area contributed by atoms with Crippen molar-refractivity contribution in [2.45, 2.75) is 39.5 Å². The van der Waals surface area contributed by atoms with Crippen LogP contribution in [0.4, 0.5) is 5.69 Å². The molecule has 0 saturated carbocycles. The van der Waals surface area contributed by atoms with Gasteiger partial charge in [0.05, 0.1) is 5.69 Å². The highest BCUT2D eigenvalue weighted by molar-refractivity contribution is 6.30. The van der Waals surface area contributed by atoms with Crippen LogP contribution >= 0.6 is 11.6 Å². The molecular formula is C16H26ClN5. The third-order valence-corrected chi connectivity index (χ3v) is 3.44. The van der Waals surface area contributed by atoms with Gasteiger partial charge in [0.25, 0.3) is 0 Å². The summed E-state index contributed by atoms with van der Waals surface area (Å²) in [5, 5.41) is 0.658. The molecule has 0 aromatic heterocycles. The summed E-state index contributed by atoms with van der Waals surface area (Å²) in [5.41, 5.74) is 12.6. The molecule has 1 aromatic carbocycles. The minimum Gasteiger partial charge on any atom is -0.369 e. The molecule has 0 aliphatic carbocycles. The number of benzene rings is 1. The van der Waals surface area contributed by atoms with Crippen LogP contribution in [-0.4, -0.2) is 29.9 Å². The molecule has 0 spiro atoms. The first kappa shape index (κ1) is 18.3. The van der Waals surface area contributed by atoms with E-state index in [2.05, 4.69) is 28.7 Å². The number of guanidine groups is 2. The molecule has 0 unspecified atom stereocenters. The predicted molar refractivity (Wildman–Crippen MR) is 95.7 cm³/mol. The summed E-state index contributed by atoms with van der Waals surface area (Å²) < 4.78 is 0. The summed E-state index contributed by atoms with van der Waals surface area (Å²) in [7, 11) is 0. The van der Waals surface area contributed by atoms with E-state index in [-0.39, 0.29) is 5.96 Å². The molecule has 1 aromatic rings. The van der Waals surface area contributed by atoms with Crippen LogP contribution in [0.3, 0.4) is 0 Å². The summed E-state index contributed by atoms with van der Waals surface area (Å²) in [6, 6.07) is 7.09. The van der Waals surface area contributed by atoms with Crippen LogP contribution in [0.25, 0.3) is 0 Å². The van der Waals surface area contributed by atoms with E-state index >= 15 is 0 Å². The number of nitrogens with two attached hydrogens (primary N) is 2. The third kappa shape index (κ3) is 6.80. The Hall–Kier alpha value is -1.75. The Morgan fingerprint density at radius 3 is 2.09 bits per heavy atom. The highest BCUT2D eigenvalue weighted by Gasteiger charge is 2.07. The van der Waals surface area contributed by atoms with Crippen molar-refractivity contribution in [1.82, 2.24) is 4.90 Å². The fourth-order valence-corrected chi connectivity index (χ4v) is 2.03. The van der Waals surface area contributed by atoms with Gasteiger partial charge in [0, 0.05) is 18.1 Å². The molecular weight excluding hydrogens is 298 g/mol. The topological polar surface area (TPSA) is 80.0 Å². The van der Waals surface area contributed by atoms with Crippen LogP contribution in [0.15, 0.2) is 34.3 Å². The summed E-state index contributed by atoms with van der Waals surface area (Å²) in [4.78, 5) is 10.5. The zero-order chi connectivity index (χ0) is 16.4. The fraction of sp³-hybridized carbons (Fsp3) is 0.500. The molecule has 0 bridgehead atoms. The summed E-state index contributed by atoms with van der Waals surface area (Å²) in [6.07, 6.45) is 4.39. The van der Waals surface area contributed by atoms with Crippen molar-refractivity contribution >= 4 is 29.2 Å². The second kappa shape index (κ2) is 10.1. The molecule has 0 heterocycles.